The largest absolute Gasteiger partial charge is 0.480 e. The Hall–Kier alpha value is -2.22. The quantitative estimate of drug-likeness (QED) is 0.471. The van der Waals surface area contributed by atoms with Crippen LogP contribution in [0.4, 0.5) is 0 Å². The number of hydrazine groups is 1. The molecule has 30 heavy (non-hydrogen) atoms. The van der Waals surface area contributed by atoms with Gasteiger partial charge < -0.3 is 10.00 Å². The predicted octanol–water partition coefficient (Wildman–Crippen LogP) is 2.19. The Morgan fingerprint density at radius 2 is 1.90 bits per heavy atom. The molecule has 10 heteroatoms. The number of hydrogen-bond donors (Lipinski definition) is 2. The van der Waals surface area contributed by atoms with Gasteiger partial charge in [0.1, 0.15) is 6.10 Å². The summed E-state index contributed by atoms with van der Waals surface area (Å²) >= 11 is 0. The van der Waals surface area contributed by atoms with Gasteiger partial charge in [0, 0.05) is 13.0 Å². The molecule has 2 N–H and O–H groups in total. The standard InChI is InChI=1S/C20H27N2O7P/c23-18-12-11-17(19(24)22-16(20(25)26)10-6-13-21(18)22)29-30(27,28)14-5-4-9-15-7-2-1-3-8-15/h1-3,7-8,16-17H,4-6,9-14H2,(H,25,26)(H,27,28)/t16-,17-/m0/s1. The van der Waals surface area contributed by atoms with Gasteiger partial charge in [-0.15, -0.1) is 0 Å². The lowest BCUT2D eigenvalue weighted by Gasteiger charge is -2.41. The minimum absolute atomic E-state index is 0.0484. The third-order valence-corrected chi connectivity index (χ3v) is 6.85. The molecule has 0 aliphatic carbocycles. The van der Waals surface area contributed by atoms with Crippen LogP contribution in [0.5, 0.6) is 0 Å². The summed E-state index contributed by atoms with van der Waals surface area (Å²) in [5.41, 5.74) is 1.13. The van der Waals surface area contributed by atoms with Gasteiger partial charge in [0.15, 0.2) is 6.04 Å². The number of carboxylic acid groups (broad SMARTS) is 1. The molecule has 1 unspecified atom stereocenters. The number of hydrogen-bond acceptors (Lipinski definition) is 5. The molecule has 164 valence electrons. The van der Waals surface area contributed by atoms with E-state index < -0.39 is 31.6 Å². The lowest BCUT2D eigenvalue weighted by Crippen LogP contribution is -2.60. The summed E-state index contributed by atoms with van der Waals surface area (Å²) < 4.78 is 17.9. The molecule has 2 fully saturated rings. The number of benzene rings is 1. The van der Waals surface area contributed by atoms with Crippen molar-refractivity contribution in [2.45, 2.75) is 57.1 Å². The fourth-order valence-corrected chi connectivity index (χ4v) is 5.19. The van der Waals surface area contributed by atoms with Crippen LogP contribution in [-0.2, 0) is 29.9 Å². The van der Waals surface area contributed by atoms with E-state index in [0.717, 1.165) is 22.0 Å². The summed E-state index contributed by atoms with van der Waals surface area (Å²) in [6.45, 7) is 0.247. The second-order valence-electron chi connectivity index (χ2n) is 7.63. The third-order valence-electron chi connectivity index (χ3n) is 5.39. The molecule has 3 atom stereocenters. The van der Waals surface area contributed by atoms with E-state index in [9.17, 15) is 28.9 Å². The maximum Gasteiger partial charge on any atom is 0.328 e. The van der Waals surface area contributed by atoms with Crippen molar-refractivity contribution < 1.29 is 33.5 Å². The Kier molecular flexibility index (Phi) is 7.28. The smallest absolute Gasteiger partial charge is 0.328 e. The molecule has 2 saturated heterocycles. The Morgan fingerprint density at radius 1 is 1.17 bits per heavy atom. The van der Waals surface area contributed by atoms with E-state index in [1.807, 2.05) is 30.3 Å². The second kappa shape index (κ2) is 9.73. The molecule has 9 nitrogen and oxygen atoms in total. The van der Waals surface area contributed by atoms with Crippen molar-refractivity contribution in [2.75, 3.05) is 12.7 Å². The Bertz CT molecular complexity index is 832. The van der Waals surface area contributed by atoms with E-state index in [-0.39, 0.29) is 37.9 Å². The maximum atomic E-state index is 12.9. The van der Waals surface area contributed by atoms with Gasteiger partial charge in [-0.3, -0.25) is 23.7 Å². The van der Waals surface area contributed by atoms with Crippen LogP contribution in [0.3, 0.4) is 0 Å². The van der Waals surface area contributed by atoms with Crippen LogP contribution in [0.2, 0.25) is 0 Å². The number of amides is 2. The van der Waals surface area contributed by atoms with Gasteiger partial charge in [-0.2, -0.15) is 0 Å². The van der Waals surface area contributed by atoms with Crippen molar-refractivity contribution in [3.8, 4) is 0 Å². The van der Waals surface area contributed by atoms with Gasteiger partial charge in [-0.25, -0.2) is 9.80 Å². The van der Waals surface area contributed by atoms with E-state index >= 15 is 0 Å². The van der Waals surface area contributed by atoms with E-state index in [2.05, 4.69) is 0 Å². The molecule has 0 radical (unpaired) electrons. The first-order valence-corrected chi connectivity index (χ1v) is 11.9. The summed E-state index contributed by atoms with van der Waals surface area (Å²) in [6.07, 6.45) is 1.06. The number of carbonyl (C=O) groups is 3. The lowest BCUT2D eigenvalue weighted by molar-refractivity contribution is -0.183. The molecule has 0 spiro atoms. The number of fused-ring (bicyclic) bond motifs is 1. The zero-order chi connectivity index (χ0) is 21.7. The molecule has 1 aromatic carbocycles. The lowest BCUT2D eigenvalue weighted by atomic mass is 10.1. The minimum atomic E-state index is -4.07. The molecule has 2 aliphatic heterocycles. The predicted molar refractivity (Wildman–Crippen MR) is 107 cm³/mol. The normalized spacial score (nSPS) is 24.2. The van der Waals surface area contributed by atoms with Gasteiger partial charge in [-0.05, 0) is 44.1 Å². The molecular formula is C20H27N2O7P. The van der Waals surface area contributed by atoms with E-state index in [4.69, 9.17) is 4.52 Å². The average Bonchev–Trinajstić information content (AvgIpc) is 2.84. The van der Waals surface area contributed by atoms with E-state index in [0.29, 0.717) is 19.3 Å². The Labute approximate surface area is 175 Å². The maximum absolute atomic E-state index is 12.9. The summed E-state index contributed by atoms with van der Waals surface area (Å²) in [6, 6.07) is 8.58. The summed E-state index contributed by atoms with van der Waals surface area (Å²) in [7, 11) is -4.07. The third kappa shape index (κ3) is 5.47. The van der Waals surface area contributed by atoms with Crippen molar-refractivity contribution >= 4 is 25.4 Å². The first-order chi connectivity index (χ1) is 14.3. The second-order valence-corrected chi connectivity index (χ2v) is 9.57. The molecule has 0 saturated carbocycles. The van der Waals surface area contributed by atoms with Gasteiger partial charge in [-0.1, -0.05) is 30.3 Å². The monoisotopic (exact) mass is 438 g/mol. The number of aryl methyl sites for hydroxylation is 1. The average molecular weight is 438 g/mol. The number of carbonyl (C=O) groups excluding carboxylic acids is 2. The van der Waals surface area contributed by atoms with Crippen molar-refractivity contribution in [2.24, 2.45) is 0 Å². The SMILES string of the molecule is O=C(O)[C@@H]1CCCN2C(=O)CC[C@H](OP(=O)(O)CCCCc3ccccc3)C(=O)N12. The molecular weight excluding hydrogens is 411 g/mol. The summed E-state index contributed by atoms with van der Waals surface area (Å²) in [5, 5.41) is 11.5. The fraction of sp³-hybridized carbons (Fsp3) is 0.550. The van der Waals surface area contributed by atoms with Crippen molar-refractivity contribution in [1.82, 2.24) is 10.0 Å². The summed E-state index contributed by atoms with van der Waals surface area (Å²) in [5.74, 6) is -2.34. The van der Waals surface area contributed by atoms with Crippen molar-refractivity contribution in [3.63, 3.8) is 0 Å². The molecule has 2 amide bonds. The number of carboxylic acids is 1. The number of nitrogens with zero attached hydrogens (tertiary/aromatic N) is 2. The van der Waals surface area contributed by atoms with Gasteiger partial charge in [0.25, 0.3) is 5.91 Å². The number of unbranched alkanes of at least 4 members (excludes halogenated alkanes) is 1. The first kappa shape index (κ1) is 22.5. The van der Waals surface area contributed by atoms with Crippen LogP contribution in [0.15, 0.2) is 30.3 Å². The highest BCUT2D eigenvalue weighted by molar-refractivity contribution is 7.52. The molecule has 2 heterocycles. The van der Waals surface area contributed by atoms with Crippen LogP contribution >= 0.6 is 7.60 Å². The molecule has 3 rings (SSSR count). The van der Waals surface area contributed by atoms with Crippen molar-refractivity contribution in [1.29, 1.82) is 0 Å². The molecule has 0 bridgehead atoms. The molecule has 1 aromatic rings. The van der Waals surface area contributed by atoms with Crippen LogP contribution in [0.25, 0.3) is 0 Å². The zero-order valence-corrected chi connectivity index (χ0v) is 17.6. The Morgan fingerprint density at radius 3 is 2.60 bits per heavy atom. The molecule has 0 aromatic heterocycles. The van der Waals surface area contributed by atoms with E-state index in [1.54, 1.807) is 0 Å². The number of aliphatic carboxylic acids is 1. The van der Waals surface area contributed by atoms with Crippen LogP contribution in [0, 0.1) is 0 Å². The fourth-order valence-electron chi connectivity index (χ4n) is 3.87. The van der Waals surface area contributed by atoms with Gasteiger partial charge in [0.2, 0.25) is 5.91 Å². The number of rotatable bonds is 8. The first-order valence-electron chi connectivity index (χ1n) is 10.2. The van der Waals surface area contributed by atoms with Crippen LogP contribution in [0.1, 0.15) is 44.1 Å². The summed E-state index contributed by atoms with van der Waals surface area (Å²) in [4.78, 5) is 47.2. The Balaban J connectivity index is 1.61. The minimum Gasteiger partial charge on any atom is -0.480 e. The van der Waals surface area contributed by atoms with Gasteiger partial charge >= 0.3 is 13.6 Å². The highest BCUT2D eigenvalue weighted by atomic mass is 31.2. The van der Waals surface area contributed by atoms with Crippen LogP contribution in [-0.4, -0.2) is 62.7 Å². The highest BCUT2D eigenvalue weighted by Crippen LogP contribution is 2.46. The van der Waals surface area contributed by atoms with Gasteiger partial charge in [0.05, 0.1) is 6.16 Å². The van der Waals surface area contributed by atoms with E-state index in [1.165, 1.54) is 0 Å². The molecule has 2 aliphatic rings. The zero-order valence-electron chi connectivity index (χ0n) is 16.7. The topological polar surface area (TPSA) is 124 Å². The van der Waals surface area contributed by atoms with Crippen LogP contribution < -0.4 is 0 Å². The highest BCUT2D eigenvalue weighted by Gasteiger charge is 2.46. The van der Waals surface area contributed by atoms with Crippen molar-refractivity contribution in [3.05, 3.63) is 35.9 Å².